The van der Waals surface area contributed by atoms with Crippen molar-refractivity contribution >= 4 is 16.0 Å². The average Bonchev–Trinajstić information content (AvgIpc) is 2.36. The van der Waals surface area contributed by atoms with Gasteiger partial charge in [0.1, 0.15) is 5.75 Å². The molecule has 0 aliphatic heterocycles. The number of benzene rings is 1. The van der Waals surface area contributed by atoms with Crippen LogP contribution in [-0.4, -0.2) is 45.2 Å². The van der Waals surface area contributed by atoms with Crippen molar-refractivity contribution in [2.45, 2.75) is 11.3 Å². The lowest BCUT2D eigenvalue weighted by molar-refractivity contribution is -0.136. The van der Waals surface area contributed by atoms with Gasteiger partial charge in [0.2, 0.25) is 0 Å². The Morgan fingerprint density at radius 2 is 2.00 bits per heavy atom. The second-order valence-corrected chi connectivity index (χ2v) is 5.58. The molecule has 7 nitrogen and oxygen atoms in total. The zero-order valence-corrected chi connectivity index (χ0v) is 11.6. The van der Waals surface area contributed by atoms with Crippen LogP contribution in [0.15, 0.2) is 23.1 Å². The largest absolute Gasteiger partial charge is 0.496 e. The minimum absolute atomic E-state index is 0.0612. The van der Waals surface area contributed by atoms with Crippen molar-refractivity contribution in [3.8, 4) is 5.75 Å². The van der Waals surface area contributed by atoms with Gasteiger partial charge in [0.05, 0.1) is 25.5 Å². The van der Waals surface area contributed by atoms with Crippen LogP contribution in [0, 0.1) is 0 Å². The Labute approximate surface area is 111 Å². The van der Waals surface area contributed by atoms with Gasteiger partial charge in [-0.05, 0) is 18.2 Å². The highest BCUT2D eigenvalue weighted by molar-refractivity contribution is 7.89. The molecule has 0 bridgehead atoms. The number of hydroxylamine groups is 1. The highest BCUT2D eigenvalue weighted by Crippen LogP contribution is 2.24. The van der Waals surface area contributed by atoms with Gasteiger partial charge in [0.25, 0.3) is 10.0 Å². The molecular formula is C11H15NO6S. The molecule has 8 heteroatoms. The summed E-state index contributed by atoms with van der Waals surface area (Å²) in [5.41, 5.74) is 0.278. The summed E-state index contributed by atoms with van der Waals surface area (Å²) in [4.78, 5) is 15.3. The summed E-state index contributed by atoms with van der Waals surface area (Å²) >= 11 is 0. The van der Waals surface area contributed by atoms with Crippen molar-refractivity contribution in [2.75, 3.05) is 21.3 Å². The van der Waals surface area contributed by atoms with E-state index in [2.05, 4.69) is 4.84 Å². The summed E-state index contributed by atoms with van der Waals surface area (Å²) in [6, 6.07) is 4.00. The lowest BCUT2D eigenvalue weighted by atomic mass is 10.1. The molecule has 0 saturated heterocycles. The molecule has 1 N–H and O–H groups in total. The van der Waals surface area contributed by atoms with E-state index < -0.39 is 16.0 Å². The van der Waals surface area contributed by atoms with E-state index in [1.54, 1.807) is 0 Å². The number of rotatable bonds is 6. The van der Waals surface area contributed by atoms with E-state index in [1.165, 1.54) is 39.5 Å². The maximum atomic E-state index is 12.0. The van der Waals surface area contributed by atoms with Gasteiger partial charge in [-0.15, -0.1) is 0 Å². The molecule has 0 aliphatic rings. The van der Waals surface area contributed by atoms with Crippen molar-refractivity contribution in [3.05, 3.63) is 23.8 Å². The molecule has 106 valence electrons. The fourth-order valence-electron chi connectivity index (χ4n) is 1.46. The SMILES string of the molecule is COc1ccc(S(=O)(=O)N(C)OC)cc1CC(=O)O. The average molecular weight is 289 g/mol. The number of sulfonamides is 1. The van der Waals surface area contributed by atoms with Crippen LogP contribution in [0.1, 0.15) is 5.56 Å². The van der Waals surface area contributed by atoms with Gasteiger partial charge >= 0.3 is 5.97 Å². The molecular weight excluding hydrogens is 274 g/mol. The molecule has 1 rings (SSSR count). The maximum Gasteiger partial charge on any atom is 0.307 e. The van der Waals surface area contributed by atoms with Crippen LogP contribution in [-0.2, 0) is 26.1 Å². The minimum Gasteiger partial charge on any atom is -0.496 e. The molecule has 0 radical (unpaired) electrons. The van der Waals surface area contributed by atoms with E-state index in [0.29, 0.717) is 10.2 Å². The summed E-state index contributed by atoms with van der Waals surface area (Å²) in [7, 11) is 0.0433. The minimum atomic E-state index is -3.81. The number of ether oxygens (including phenoxy) is 1. The first-order valence-corrected chi connectivity index (χ1v) is 6.68. The van der Waals surface area contributed by atoms with Crippen LogP contribution < -0.4 is 4.74 Å². The smallest absolute Gasteiger partial charge is 0.307 e. The van der Waals surface area contributed by atoms with Gasteiger partial charge < -0.3 is 9.84 Å². The fourth-order valence-corrected chi connectivity index (χ4v) is 2.49. The molecule has 0 aromatic heterocycles. The maximum absolute atomic E-state index is 12.0. The van der Waals surface area contributed by atoms with E-state index in [-0.39, 0.29) is 16.9 Å². The number of hydrogen-bond acceptors (Lipinski definition) is 5. The van der Waals surface area contributed by atoms with Crippen LogP contribution in [0.3, 0.4) is 0 Å². The van der Waals surface area contributed by atoms with E-state index in [9.17, 15) is 13.2 Å². The standard InChI is InChI=1S/C11H15NO6S/c1-12(18-3)19(15,16)9-4-5-10(17-2)8(6-9)7-11(13)14/h4-6H,7H2,1-3H3,(H,13,14). The molecule has 0 fully saturated rings. The van der Waals surface area contributed by atoms with Crippen LogP contribution in [0.2, 0.25) is 0 Å². The quantitative estimate of drug-likeness (QED) is 0.767. The van der Waals surface area contributed by atoms with Gasteiger partial charge in [-0.3, -0.25) is 9.63 Å². The number of aliphatic carboxylic acids is 1. The van der Waals surface area contributed by atoms with Gasteiger partial charge in [0, 0.05) is 12.6 Å². The molecule has 0 spiro atoms. The van der Waals surface area contributed by atoms with Gasteiger partial charge in [-0.2, -0.15) is 0 Å². The predicted molar refractivity (Wildman–Crippen MR) is 66.3 cm³/mol. The molecule has 0 aliphatic carbocycles. The number of carboxylic acid groups (broad SMARTS) is 1. The van der Waals surface area contributed by atoms with E-state index >= 15 is 0 Å². The Bertz CT molecular complexity index is 569. The molecule has 0 heterocycles. The highest BCUT2D eigenvalue weighted by Gasteiger charge is 2.22. The third-order valence-corrected chi connectivity index (χ3v) is 4.16. The zero-order chi connectivity index (χ0) is 14.6. The summed E-state index contributed by atoms with van der Waals surface area (Å²) in [6.07, 6.45) is -0.330. The zero-order valence-electron chi connectivity index (χ0n) is 10.8. The number of methoxy groups -OCH3 is 1. The Morgan fingerprint density at radius 1 is 1.37 bits per heavy atom. The fraction of sp³-hybridized carbons (Fsp3) is 0.364. The summed E-state index contributed by atoms with van der Waals surface area (Å²) < 4.78 is 29.7. The lowest BCUT2D eigenvalue weighted by Gasteiger charge is -2.15. The third kappa shape index (κ3) is 3.43. The van der Waals surface area contributed by atoms with Crippen LogP contribution in [0.5, 0.6) is 5.75 Å². The van der Waals surface area contributed by atoms with Crippen molar-refractivity contribution < 1.29 is 27.9 Å². The van der Waals surface area contributed by atoms with E-state index in [1.807, 2.05) is 0 Å². The van der Waals surface area contributed by atoms with Crippen LogP contribution in [0.4, 0.5) is 0 Å². The summed E-state index contributed by atoms with van der Waals surface area (Å²) in [5, 5.41) is 8.80. The van der Waals surface area contributed by atoms with Gasteiger partial charge in [0.15, 0.2) is 0 Å². The Balaban J connectivity index is 3.29. The number of nitrogens with zero attached hydrogens (tertiary/aromatic N) is 1. The molecule has 0 unspecified atom stereocenters. The highest BCUT2D eigenvalue weighted by atomic mass is 32.2. The Kier molecular flexibility index (Phi) is 4.87. The Morgan fingerprint density at radius 3 is 2.47 bits per heavy atom. The third-order valence-electron chi connectivity index (χ3n) is 2.49. The van der Waals surface area contributed by atoms with Gasteiger partial charge in [-0.25, -0.2) is 8.42 Å². The van der Waals surface area contributed by atoms with Gasteiger partial charge in [-0.1, -0.05) is 4.47 Å². The first-order valence-electron chi connectivity index (χ1n) is 5.24. The summed E-state index contributed by atoms with van der Waals surface area (Å²) in [6.45, 7) is 0. The number of carbonyl (C=O) groups is 1. The van der Waals surface area contributed by atoms with Crippen molar-refractivity contribution in [3.63, 3.8) is 0 Å². The number of hydrogen-bond donors (Lipinski definition) is 1. The van der Waals surface area contributed by atoms with Crippen LogP contribution >= 0.6 is 0 Å². The van der Waals surface area contributed by atoms with E-state index in [4.69, 9.17) is 9.84 Å². The second-order valence-electron chi connectivity index (χ2n) is 3.64. The second kappa shape index (κ2) is 6.00. The van der Waals surface area contributed by atoms with E-state index in [0.717, 1.165) is 0 Å². The summed E-state index contributed by atoms with van der Waals surface area (Å²) in [5.74, 6) is -0.755. The Hall–Kier alpha value is -1.64. The topological polar surface area (TPSA) is 93.1 Å². The number of carboxylic acids is 1. The molecule has 19 heavy (non-hydrogen) atoms. The van der Waals surface area contributed by atoms with Crippen molar-refractivity contribution in [1.29, 1.82) is 0 Å². The molecule has 0 saturated carbocycles. The molecule has 0 atom stereocenters. The molecule has 0 amide bonds. The van der Waals surface area contributed by atoms with Crippen molar-refractivity contribution in [1.82, 2.24) is 4.47 Å². The normalized spacial score (nSPS) is 11.6. The predicted octanol–water partition coefficient (Wildman–Crippen LogP) is 0.504. The van der Waals surface area contributed by atoms with Crippen LogP contribution in [0.25, 0.3) is 0 Å². The first kappa shape index (κ1) is 15.4. The van der Waals surface area contributed by atoms with Crippen molar-refractivity contribution in [2.24, 2.45) is 0 Å². The first-order chi connectivity index (χ1) is 8.82. The monoisotopic (exact) mass is 289 g/mol. The molecule has 1 aromatic rings. The lowest BCUT2D eigenvalue weighted by Crippen LogP contribution is -2.25. The molecule has 1 aromatic carbocycles.